The molecule has 0 spiro atoms. The van der Waals surface area contributed by atoms with Crippen LogP contribution in [0.5, 0.6) is 0 Å². The lowest BCUT2D eigenvalue weighted by Gasteiger charge is -2.07. The van der Waals surface area contributed by atoms with Crippen molar-refractivity contribution in [3.05, 3.63) is 72.3 Å². The second-order valence-corrected chi connectivity index (χ2v) is 6.87. The first-order valence-electron chi connectivity index (χ1n) is 9.54. The Balaban J connectivity index is 1.41. The molecule has 0 saturated carbocycles. The lowest BCUT2D eigenvalue weighted by Crippen LogP contribution is -2.23. The Morgan fingerprint density at radius 2 is 1.87 bits per heavy atom. The number of imidazole rings is 1. The van der Waals surface area contributed by atoms with Gasteiger partial charge in [0.2, 0.25) is 0 Å². The summed E-state index contributed by atoms with van der Waals surface area (Å²) in [5, 5.41) is 13.7. The Kier molecular flexibility index (Phi) is 4.60. The largest absolute Gasteiger partial charge is 0.379 e. The van der Waals surface area contributed by atoms with Crippen LogP contribution in [0.1, 0.15) is 5.56 Å². The third-order valence-corrected chi connectivity index (χ3v) is 4.90. The predicted octanol–water partition coefficient (Wildman–Crippen LogP) is 2.97. The smallest absolute Gasteiger partial charge is 0.260 e. The van der Waals surface area contributed by atoms with E-state index >= 15 is 0 Å². The van der Waals surface area contributed by atoms with Crippen molar-refractivity contribution in [2.75, 3.05) is 5.73 Å². The fourth-order valence-electron chi connectivity index (χ4n) is 3.48. The molecule has 0 aliphatic carbocycles. The lowest BCUT2D eigenvalue weighted by molar-refractivity contribution is -0.121. The fraction of sp³-hybridized carbons (Fsp3) is 0.0455. The zero-order chi connectivity index (χ0) is 21.2. The summed E-state index contributed by atoms with van der Waals surface area (Å²) in [7, 11) is 0. The predicted molar refractivity (Wildman–Crippen MR) is 117 cm³/mol. The van der Waals surface area contributed by atoms with Crippen LogP contribution in [0.2, 0.25) is 0 Å². The number of para-hydroxylation sites is 2. The normalized spacial score (nSPS) is 11.5. The van der Waals surface area contributed by atoms with E-state index in [1.165, 1.54) is 0 Å². The number of fused-ring (bicyclic) bond motifs is 2. The Morgan fingerprint density at radius 3 is 2.74 bits per heavy atom. The van der Waals surface area contributed by atoms with Crippen molar-refractivity contribution in [2.24, 2.45) is 5.10 Å². The van der Waals surface area contributed by atoms with E-state index in [0.717, 1.165) is 21.9 Å². The summed E-state index contributed by atoms with van der Waals surface area (Å²) in [6.07, 6.45) is 1.63. The number of nitrogen functional groups attached to an aromatic ring is 1. The second kappa shape index (κ2) is 7.71. The SMILES string of the molecule is Nc1nonc1-c1nc2ccccc2n1CC(=O)N/N=C/c1cccc2ccccc12. The summed E-state index contributed by atoms with van der Waals surface area (Å²) in [6, 6.07) is 21.3. The molecule has 0 radical (unpaired) electrons. The minimum absolute atomic E-state index is 0.0327. The van der Waals surface area contributed by atoms with Gasteiger partial charge >= 0.3 is 0 Å². The molecular formula is C22H17N7O2. The van der Waals surface area contributed by atoms with E-state index in [-0.39, 0.29) is 24.0 Å². The number of nitrogens with one attached hydrogen (secondary N) is 1. The van der Waals surface area contributed by atoms with Gasteiger partial charge in [0.05, 0.1) is 17.2 Å². The highest BCUT2D eigenvalue weighted by Crippen LogP contribution is 2.26. The van der Waals surface area contributed by atoms with Crippen LogP contribution in [-0.4, -0.2) is 32.0 Å². The molecule has 0 aliphatic rings. The topological polar surface area (TPSA) is 124 Å². The molecule has 0 unspecified atom stereocenters. The Morgan fingerprint density at radius 1 is 1.06 bits per heavy atom. The number of benzene rings is 3. The van der Waals surface area contributed by atoms with Gasteiger partial charge in [-0.15, -0.1) is 0 Å². The highest BCUT2D eigenvalue weighted by Gasteiger charge is 2.20. The van der Waals surface area contributed by atoms with E-state index in [0.29, 0.717) is 11.3 Å². The van der Waals surface area contributed by atoms with Gasteiger partial charge in [-0.05, 0) is 33.2 Å². The van der Waals surface area contributed by atoms with Crippen LogP contribution >= 0.6 is 0 Å². The molecule has 9 heteroatoms. The summed E-state index contributed by atoms with van der Waals surface area (Å²) in [4.78, 5) is 17.2. The van der Waals surface area contributed by atoms with Crippen LogP contribution in [0.4, 0.5) is 5.82 Å². The minimum Gasteiger partial charge on any atom is -0.379 e. The summed E-state index contributed by atoms with van der Waals surface area (Å²) in [5.74, 6) is 0.176. The van der Waals surface area contributed by atoms with Gasteiger partial charge in [-0.3, -0.25) is 4.79 Å². The quantitative estimate of drug-likeness (QED) is 0.338. The van der Waals surface area contributed by atoms with E-state index in [4.69, 9.17) is 10.4 Å². The maximum Gasteiger partial charge on any atom is 0.260 e. The average Bonchev–Trinajstić information content (AvgIpc) is 3.37. The molecule has 0 fully saturated rings. The number of anilines is 1. The number of hydrazone groups is 1. The standard InChI is InChI=1S/C22H17N7O2/c23-21-20(27-31-28-21)22-25-17-10-3-4-11-18(17)29(22)13-19(30)26-24-12-15-8-5-7-14-6-1-2-9-16(14)15/h1-12H,13H2,(H2,23,28)(H,26,30)/b24-12+. The minimum atomic E-state index is -0.323. The van der Waals surface area contributed by atoms with E-state index in [1.807, 2.05) is 66.7 Å². The van der Waals surface area contributed by atoms with Crippen LogP contribution in [-0.2, 0) is 11.3 Å². The highest BCUT2D eigenvalue weighted by molar-refractivity contribution is 6.00. The number of nitrogens with zero attached hydrogens (tertiary/aromatic N) is 5. The van der Waals surface area contributed by atoms with Crippen LogP contribution in [0.25, 0.3) is 33.3 Å². The van der Waals surface area contributed by atoms with E-state index in [2.05, 4.69) is 25.8 Å². The number of nitrogens with two attached hydrogens (primary N) is 1. The molecule has 3 aromatic carbocycles. The van der Waals surface area contributed by atoms with Crippen molar-refractivity contribution >= 4 is 39.7 Å². The molecule has 31 heavy (non-hydrogen) atoms. The molecule has 5 aromatic rings. The van der Waals surface area contributed by atoms with Crippen molar-refractivity contribution < 1.29 is 9.42 Å². The van der Waals surface area contributed by atoms with Gasteiger partial charge in [0, 0.05) is 5.56 Å². The Hall–Kier alpha value is -4.53. The molecule has 0 aliphatic heterocycles. The molecule has 2 heterocycles. The number of rotatable bonds is 5. The van der Waals surface area contributed by atoms with Crippen LogP contribution in [0, 0.1) is 0 Å². The van der Waals surface area contributed by atoms with E-state index in [1.54, 1.807) is 10.8 Å². The van der Waals surface area contributed by atoms with E-state index in [9.17, 15) is 4.79 Å². The van der Waals surface area contributed by atoms with Gasteiger partial charge < -0.3 is 10.3 Å². The Labute approximate surface area is 176 Å². The average molecular weight is 411 g/mol. The van der Waals surface area contributed by atoms with Crippen molar-refractivity contribution in [1.82, 2.24) is 25.3 Å². The molecule has 5 rings (SSSR count). The lowest BCUT2D eigenvalue weighted by atomic mass is 10.1. The summed E-state index contributed by atoms with van der Waals surface area (Å²) < 4.78 is 6.40. The third-order valence-electron chi connectivity index (χ3n) is 4.90. The summed E-state index contributed by atoms with van der Waals surface area (Å²) in [5.41, 5.74) is 11.1. The van der Waals surface area contributed by atoms with Crippen LogP contribution in [0.3, 0.4) is 0 Å². The van der Waals surface area contributed by atoms with Gasteiger partial charge in [0.15, 0.2) is 17.3 Å². The number of amides is 1. The Bertz CT molecular complexity index is 1430. The van der Waals surface area contributed by atoms with Crippen LogP contribution in [0.15, 0.2) is 76.5 Å². The number of aromatic nitrogens is 4. The summed E-state index contributed by atoms with van der Waals surface area (Å²) >= 11 is 0. The zero-order valence-electron chi connectivity index (χ0n) is 16.3. The maximum atomic E-state index is 12.7. The monoisotopic (exact) mass is 411 g/mol. The number of carbonyl (C=O) groups excluding carboxylic acids is 1. The first-order valence-corrected chi connectivity index (χ1v) is 9.54. The maximum absolute atomic E-state index is 12.7. The highest BCUT2D eigenvalue weighted by atomic mass is 16.6. The molecule has 2 aromatic heterocycles. The molecular weight excluding hydrogens is 394 g/mol. The molecule has 0 saturated heterocycles. The van der Waals surface area contributed by atoms with E-state index < -0.39 is 0 Å². The molecule has 9 nitrogen and oxygen atoms in total. The number of carbonyl (C=O) groups is 1. The molecule has 3 N–H and O–H groups in total. The van der Waals surface area contributed by atoms with Crippen molar-refractivity contribution in [3.8, 4) is 11.5 Å². The van der Waals surface area contributed by atoms with Crippen molar-refractivity contribution in [3.63, 3.8) is 0 Å². The third kappa shape index (κ3) is 3.48. The molecule has 152 valence electrons. The van der Waals surface area contributed by atoms with Gasteiger partial charge in [0.1, 0.15) is 6.54 Å². The number of hydrogen-bond donors (Lipinski definition) is 2. The van der Waals surface area contributed by atoms with Gasteiger partial charge in [-0.2, -0.15) is 5.10 Å². The zero-order valence-corrected chi connectivity index (χ0v) is 16.3. The van der Waals surface area contributed by atoms with Crippen LogP contribution < -0.4 is 11.2 Å². The van der Waals surface area contributed by atoms with Gasteiger partial charge in [0.25, 0.3) is 5.91 Å². The first kappa shape index (κ1) is 18.5. The molecule has 1 amide bonds. The molecule has 0 bridgehead atoms. The summed E-state index contributed by atoms with van der Waals surface area (Å²) in [6.45, 7) is -0.0327. The van der Waals surface area contributed by atoms with Gasteiger partial charge in [-0.1, -0.05) is 54.6 Å². The van der Waals surface area contributed by atoms with Crippen molar-refractivity contribution in [1.29, 1.82) is 0 Å². The number of hydrogen-bond acceptors (Lipinski definition) is 7. The second-order valence-electron chi connectivity index (χ2n) is 6.87. The molecule has 0 atom stereocenters. The fourth-order valence-corrected chi connectivity index (χ4v) is 3.48. The van der Waals surface area contributed by atoms with Crippen molar-refractivity contribution in [2.45, 2.75) is 6.54 Å². The van der Waals surface area contributed by atoms with Gasteiger partial charge in [-0.25, -0.2) is 15.0 Å². The first-order chi connectivity index (χ1) is 15.2.